The van der Waals surface area contributed by atoms with Crippen LogP contribution in [-0.2, 0) is 17.6 Å². The Labute approximate surface area is 224 Å². The van der Waals surface area contributed by atoms with Crippen LogP contribution in [0.15, 0.2) is 65.6 Å². The molecule has 0 bridgehead atoms. The molecule has 0 aromatic heterocycles. The van der Waals surface area contributed by atoms with Gasteiger partial charge in [0.2, 0.25) is 0 Å². The maximum Gasteiger partial charge on any atom is 0.416 e. The molecule has 11 heteroatoms. The zero-order valence-corrected chi connectivity index (χ0v) is 21.6. The molecule has 1 saturated heterocycles. The third-order valence-corrected chi connectivity index (χ3v) is 7.00. The molecular weight excluding hydrogens is 554 g/mol. The Kier molecular flexibility index (Phi) is 7.85. The van der Waals surface area contributed by atoms with Gasteiger partial charge in [-0.05, 0) is 54.1 Å². The molecular formula is C25H16Cl2F3NO3S2. The molecule has 36 heavy (non-hydrogen) atoms. The van der Waals surface area contributed by atoms with E-state index in [-0.39, 0.29) is 21.5 Å². The largest absolute Gasteiger partial charge is 0.493 e. The topological polar surface area (TPSA) is 38.8 Å². The third kappa shape index (κ3) is 5.81. The van der Waals surface area contributed by atoms with Crippen LogP contribution in [-0.4, -0.2) is 17.3 Å². The predicted octanol–water partition coefficient (Wildman–Crippen LogP) is 8.01. The van der Waals surface area contributed by atoms with Gasteiger partial charge in [-0.15, -0.1) is 0 Å². The highest BCUT2D eigenvalue weighted by Crippen LogP contribution is 2.39. The summed E-state index contributed by atoms with van der Waals surface area (Å²) in [5.74, 6) is 0.356. The summed E-state index contributed by atoms with van der Waals surface area (Å²) in [7, 11) is 1.50. The molecule has 1 aliphatic rings. The van der Waals surface area contributed by atoms with Crippen molar-refractivity contribution in [1.29, 1.82) is 0 Å². The average molecular weight is 570 g/mol. The van der Waals surface area contributed by atoms with Crippen LogP contribution in [0.1, 0.15) is 16.7 Å². The molecule has 1 amide bonds. The number of benzene rings is 3. The van der Waals surface area contributed by atoms with E-state index < -0.39 is 17.6 Å². The molecule has 0 atom stereocenters. The number of hydrogen-bond donors (Lipinski definition) is 0. The summed E-state index contributed by atoms with van der Waals surface area (Å²) in [6.07, 6.45) is -2.95. The van der Waals surface area contributed by atoms with Crippen LogP contribution in [0.2, 0.25) is 10.0 Å². The summed E-state index contributed by atoms with van der Waals surface area (Å²) in [6.45, 7) is 0.146. The molecule has 0 unspecified atom stereocenters. The fourth-order valence-electron chi connectivity index (χ4n) is 3.35. The third-order valence-electron chi connectivity index (χ3n) is 5.11. The van der Waals surface area contributed by atoms with Crippen molar-refractivity contribution in [3.8, 4) is 11.5 Å². The molecule has 3 aromatic rings. The van der Waals surface area contributed by atoms with Crippen molar-refractivity contribution in [1.82, 2.24) is 0 Å². The number of thioether (sulfide) groups is 1. The van der Waals surface area contributed by atoms with E-state index in [9.17, 15) is 18.0 Å². The zero-order valence-electron chi connectivity index (χ0n) is 18.4. The van der Waals surface area contributed by atoms with Crippen molar-refractivity contribution in [3.63, 3.8) is 0 Å². The molecule has 0 N–H and O–H groups in total. The second-order valence-corrected chi connectivity index (χ2v) is 10.0. The van der Waals surface area contributed by atoms with Gasteiger partial charge >= 0.3 is 6.18 Å². The Morgan fingerprint density at radius 2 is 1.83 bits per heavy atom. The van der Waals surface area contributed by atoms with Crippen LogP contribution in [0.25, 0.3) is 6.08 Å². The second kappa shape index (κ2) is 10.7. The number of hydrogen-bond acceptors (Lipinski definition) is 5. The van der Waals surface area contributed by atoms with Gasteiger partial charge in [0.1, 0.15) is 6.61 Å². The van der Waals surface area contributed by atoms with Gasteiger partial charge in [-0.1, -0.05) is 65.4 Å². The zero-order chi connectivity index (χ0) is 26.0. The second-order valence-electron chi connectivity index (χ2n) is 7.50. The Morgan fingerprint density at radius 1 is 1.06 bits per heavy atom. The van der Waals surface area contributed by atoms with Gasteiger partial charge in [0.05, 0.1) is 23.3 Å². The summed E-state index contributed by atoms with van der Waals surface area (Å²) in [5, 5.41) is 0.960. The van der Waals surface area contributed by atoms with Crippen molar-refractivity contribution in [2.75, 3.05) is 12.0 Å². The molecule has 0 aliphatic carbocycles. The van der Waals surface area contributed by atoms with Gasteiger partial charge in [0.25, 0.3) is 5.91 Å². The van der Waals surface area contributed by atoms with Gasteiger partial charge in [-0.25, -0.2) is 0 Å². The standard InChI is InChI=1S/C25H16Cl2F3NO3S2/c1-33-20-8-5-14(9-21(20)34-13-15-6-7-17(26)12-19(15)27)10-22-23(32)31(24(35)36-22)18-4-2-3-16(11-18)25(28,29)30/h2-12H,13H2,1H3/b22-10+. The Bertz CT molecular complexity index is 1380. The van der Waals surface area contributed by atoms with Crippen molar-refractivity contribution in [3.05, 3.63) is 92.3 Å². The summed E-state index contributed by atoms with van der Waals surface area (Å²) in [5.41, 5.74) is 0.512. The lowest BCUT2D eigenvalue weighted by atomic mass is 10.1. The SMILES string of the molecule is COc1ccc(/C=C2/SC(=S)N(c3cccc(C(F)(F)F)c3)C2=O)cc1OCc1ccc(Cl)cc1Cl. The lowest BCUT2D eigenvalue weighted by Gasteiger charge is -2.16. The number of anilines is 1. The highest BCUT2D eigenvalue weighted by molar-refractivity contribution is 8.27. The fourth-order valence-corrected chi connectivity index (χ4v) is 5.12. The van der Waals surface area contributed by atoms with Crippen molar-refractivity contribution < 1.29 is 27.4 Å². The fraction of sp³-hybridized carbons (Fsp3) is 0.120. The molecule has 0 spiro atoms. The van der Waals surface area contributed by atoms with Crippen LogP contribution in [0.5, 0.6) is 11.5 Å². The molecule has 3 aromatic carbocycles. The number of amides is 1. The Morgan fingerprint density at radius 3 is 2.53 bits per heavy atom. The van der Waals surface area contributed by atoms with E-state index in [2.05, 4.69) is 0 Å². The molecule has 186 valence electrons. The maximum atomic E-state index is 13.1. The Hall–Kier alpha value is -2.72. The molecule has 1 heterocycles. The molecule has 4 nitrogen and oxygen atoms in total. The van der Waals surface area contributed by atoms with E-state index in [4.69, 9.17) is 44.9 Å². The van der Waals surface area contributed by atoms with Crippen LogP contribution in [0.3, 0.4) is 0 Å². The van der Waals surface area contributed by atoms with E-state index in [0.29, 0.717) is 27.1 Å². The predicted molar refractivity (Wildman–Crippen MR) is 141 cm³/mol. The summed E-state index contributed by atoms with van der Waals surface area (Å²) in [4.78, 5) is 14.4. The molecule has 1 fully saturated rings. The van der Waals surface area contributed by atoms with Crippen LogP contribution < -0.4 is 14.4 Å². The minimum absolute atomic E-state index is 0.0503. The normalized spacial score (nSPS) is 15.1. The maximum absolute atomic E-state index is 13.1. The van der Waals surface area contributed by atoms with Gasteiger partial charge in [0.15, 0.2) is 15.8 Å². The van der Waals surface area contributed by atoms with E-state index >= 15 is 0 Å². The lowest BCUT2D eigenvalue weighted by molar-refractivity contribution is -0.137. The first kappa shape index (κ1) is 26.3. The number of rotatable bonds is 6. The van der Waals surface area contributed by atoms with Crippen LogP contribution >= 0.6 is 47.2 Å². The molecule has 4 rings (SSSR count). The molecule has 0 saturated carbocycles. The first-order chi connectivity index (χ1) is 17.1. The quantitative estimate of drug-likeness (QED) is 0.222. The minimum atomic E-state index is -4.54. The number of halogens is 5. The number of alkyl halides is 3. The minimum Gasteiger partial charge on any atom is -0.493 e. The molecule has 0 radical (unpaired) electrons. The Balaban J connectivity index is 1.58. The van der Waals surface area contributed by atoms with E-state index in [1.807, 2.05) is 0 Å². The highest BCUT2D eigenvalue weighted by atomic mass is 35.5. The number of thiocarbonyl (C=S) groups is 1. The van der Waals surface area contributed by atoms with E-state index in [1.165, 1.54) is 19.2 Å². The number of carbonyl (C=O) groups excluding carboxylic acids is 1. The van der Waals surface area contributed by atoms with Crippen LogP contribution in [0, 0.1) is 0 Å². The smallest absolute Gasteiger partial charge is 0.416 e. The average Bonchev–Trinajstić information content (AvgIpc) is 3.10. The summed E-state index contributed by atoms with van der Waals surface area (Å²) in [6, 6.07) is 14.6. The first-order valence-electron chi connectivity index (χ1n) is 10.3. The van der Waals surface area contributed by atoms with Gasteiger partial charge in [-0.2, -0.15) is 13.2 Å². The molecule has 1 aliphatic heterocycles. The summed E-state index contributed by atoms with van der Waals surface area (Å²) < 4.78 is 50.8. The van der Waals surface area contributed by atoms with Gasteiger partial charge in [-0.3, -0.25) is 9.69 Å². The van der Waals surface area contributed by atoms with Crippen molar-refractivity contribution >= 4 is 69.2 Å². The number of methoxy groups -OCH3 is 1. The number of nitrogens with zero attached hydrogens (tertiary/aromatic N) is 1. The monoisotopic (exact) mass is 569 g/mol. The number of ether oxygens (including phenoxy) is 2. The lowest BCUT2D eigenvalue weighted by Crippen LogP contribution is -2.27. The van der Waals surface area contributed by atoms with Crippen molar-refractivity contribution in [2.45, 2.75) is 12.8 Å². The van der Waals surface area contributed by atoms with Crippen molar-refractivity contribution in [2.24, 2.45) is 0 Å². The number of carbonyl (C=O) groups is 1. The van der Waals surface area contributed by atoms with Crippen LogP contribution in [0.4, 0.5) is 18.9 Å². The van der Waals surface area contributed by atoms with Gasteiger partial charge < -0.3 is 9.47 Å². The first-order valence-corrected chi connectivity index (χ1v) is 12.2. The van der Waals surface area contributed by atoms with E-state index in [0.717, 1.165) is 34.4 Å². The van der Waals surface area contributed by atoms with E-state index in [1.54, 1.807) is 42.5 Å². The highest BCUT2D eigenvalue weighted by Gasteiger charge is 2.36. The van der Waals surface area contributed by atoms with Gasteiger partial charge in [0, 0.05) is 15.6 Å². The summed E-state index contributed by atoms with van der Waals surface area (Å²) >= 11 is 18.4.